The van der Waals surface area contributed by atoms with Crippen molar-refractivity contribution >= 4 is 17.7 Å². The average molecular weight is 439 g/mol. The third kappa shape index (κ3) is 4.62. The minimum atomic E-state index is -0.512. The summed E-state index contributed by atoms with van der Waals surface area (Å²) in [6, 6.07) is 9.08. The van der Waals surface area contributed by atoms with Crippen LogP contribution in [0, 0.1) is 29.1 Å². The lowest BCUT2D eigenvalue weighted by atomic mass is 9.84. The number of carbonyl (C=O) groups is 1. The molecule has 0 aliphatic heterocycles. The summed E-state index contributed by atoms with van der Waals surface area (Å²) in [4.78, 5) is 32.0. The molecule has 0 radical (unpaired) electrons. The fraction of sp³-hybridized carbons (Fsp3) is 0.478. The maximum atomic E-state index is 12.5. The van der Waals surface area contributed by atoms with Gasteiger partial charge in [0.05, 0.1) is 18.6 Å². The standard InChI is InChI=1S/C23H26N4O3S/c1-13(18-10-14-3-4-16(18)9-14)25-20(28)12-31-23-26-21(19(11-24)22(29)27-23)15-5-7-17(30-2)8-6-15/h5-8,13-14,16,18H,3-4,9-10,12H2,1-2H3,(H,25,28)(H,26,27,29)/t13-,14+,16+,18-/m1/s1. The number of aromatic amines is 1. The van der Waals surface area contributed by atoms with E-state index in [1.165, 1.54) is 37.4 Å². The van der Waals surface area contributed by atoms with E-state index < -0.39 is 5.56 Å². The molecule has 31 heavy (non-hydrogen) atoms. The Kier molecular flexibility index (Phi) is 6.33. The second-order valence-corrected chi connectivity index (χ2v) is 9.38. The number of thioether (sulfide) groups is 1. The third-order valence-corrected chi connectivity index (χ3v) is 7.41. The summed E-state index contributed by atoms with van der Waals surface area (Å²) in [7, 11) is 1.57. The smallest absolute Gasteiger partial charge is 0.270 e. The van der Waals surface area contributed by atoms with Crippen LogP contribution >= 0.6 is 11.8 Å². The van der Waals surface area contributed by atoms with Gasteiger partial charge in [-0.05, 0) is 68.2 Å². The summed E-state index contributed by atoms with van der Waals surface area (Å²) in [6.07, 6.45) is 5.15. The summed E-state index contributed by atoms with van der Waals surface area (Å²) in [6.45, 7) is 2.09. The van der Waals surface area contributed by atoms with E-state index in [4.69, 9.17) is 4.74 Å². The number of methoxy groups -OCH3 is 1. The number of aromatic nitrogens is 2. The van der Waals surface area contributed by atoms with Gasteiger partial charge < -0.3 is 15.0 Å². The number of benzene rings is 1. The molecule has 2 aromatic rings. The van der Waals surface area contributed by atoms with E-state index in [1.54, 1.807) is 31.4 Å². The van der Waals surface area contributed by atoms with Crippen molar-refractivity contribution in [3.63, 3.8) is 0 Å². The summed E-state index contributed by atoms with van der Waals surface area (Å²) >= 11 is 1.17. The SMILES string of the molecule is COc1ccc(-c2nc(SCC(=O)N[C@H](C)[C@H]3C[C@H]4CC[C@H]3C4)[nH]c(=O)c2C#N)cc1. The zero-order chi connectivity index (χ0) is 22.0. The predicted octanol–water partition coefficient (Wildman–Crippen LogP) is 3.35. The predicted molar refractivity (Wildman–Crippen MR) is 119 cm³/mol. The Morgan fingerprint density at radius 1 is 1.35 bits per heavy atom. The number of nitrogens with zero attached hydrogens (tertiary/aromatic N) is 2. The monoisotopic (exact) mass is 438 g/mol. The fourth-order valence-corrected chi connectivity index (χ4v) is 5.70. The molecule has 1 heterocycles. The molecule has 2 fully saturated rings. The number of nitriles is 1. The van der Waals surface area contributed by atoms with E-state index in [9.17, 15) is 14.9 Å². The number of hydrogen-bond donors (Lipinski definition) is 2. The van der Waals surface area contributed by atoms with Gasteiger partial charge in [0.25, 0.3) is 5.56 Å². The summed E-state index contributed by atoms with van der Waals surface area (Å²) in [5, 5.41) is 12.9. The van der Waals surface area contributed by atoms with E-state index in [1.807, 2.05) is 6.07 Å². The van der Waals surface area contributed by atoms with Crippen LogP contribution in [0.15, 0.2) is 34.2 Å². The van der Waals surface area contributed by atoms with Crippen molar-refractivity contribution in [2.24, 2.45) is 17.8 Å². The molecule has 2 bridgehead atoms. The molecule has 1 aromatic heterocycles. The maximum Gasteiger partial charge on any atom is 0.270 e. The van der Waals surface area contributed by atoms with Gasteiger partial charge in [0.2, 0.25) is 5.91 Å². The number of H-pyrrole nitrogens is 1. The lowest BCUT2D eigenvalue weighted by Crippen LogP contribution is -2.41. The van der Waals surface area contributed by atoms with Crippen molar-refractivity contribution in [2.45, 2.75) is 43.8 Å². The van der Waals surface area contributed by atoms with Gasteiger partial charge in [-0.2, -0.15) is 5.26 Å². The Labute approximate surface area is 185 Å². The van der Waals surface area contributed by atoms with Crippen molar-refractivity contribution in [3.8, 4) is 23.1 Å². The molecule has 8 heteroatoms. The zero-order valence-electron chi connectivity index (χ0n) is 17.7. The Hall–Kier alpha value is -2.79. The molecule has 0 saturated heterocycles. The summed E-state index contributed by atoms with van der Waals surface area (Å²) in [5.41, 5.74) is 0.372. The average Bonchev–Trinajstić information content (AvgIpc) is 3.41. The molecule has 2 N–H and O–H groups in total. The van der Waals surface area contributed by atoms with Gasteiger partial charge in [-0.1, -0.05) is 18.2 Å². The molecule has 2 aliphatic rings. The largest absolute Gasteiger partial charge is 0.497 e. The van der Waals surface area contributed by atoms with Crippen LogP contribution in [0.5, 0.6) is 5.75 Å². The van der Waals surface area contributed by atoms with Gasteiger partial charge in [0.15, 0.2) is 5.16 Å². The maximum absolute atomic E-state index is 12.5. The van der Waals surface area contributed by atoms with Crippen LogP contribution in [0.4, 0.5) is 0 Å². The Bertz CT molecular complexity index is 1060. The van der Waals surface area contributed by atoms with Gasteiger partial charge in [-0.3, -0.25) is 9.59 Å². The molecule has 7 nitrogen and oxygen atoms in total. The first-order valence-corrected chi connectivity index (χ1v) is 11.6. The lowest BCUT2D eigenvalue weighted by Gasteiger charge is -2.28. The Morgan fingerprint density at radius 3 is 2.74 bits per heavy atom. The van der Waals surface area contributed by atoms with Gasteiger partial charge in [-0.15, -0.1) is 0 Å². The molecule has 4 atom stereocenters. The van der Waals surface area contributed by atoms with Crippen LogP contribution in [0.2, 0.25) is 0 Å². The highest BCUT2D eigenvalue weighted by Gasteiger charge is 2.42. The first-order chi connectivity index (χ1) is 15.0. The van der Waals surface area contributed by atoms with Crippen LogP contribution in [-0.2, 0) is 4.79 Å². The summed E-state index contributed by atoms with van der Waals surface area (Å²) < 4.78 is 5.16. The zero-order valence-corrected chi connectivity index (χ0v) is 18.5. The van der Waals surface area contributed by atoms with Crippen LogP contribution in [0.3, 0.4) is 0 Å². The minimum Gasteiger partial charge on any atom is -0.497 e. The van der Waals surface area contributed by atoms with E-state index >= 15 is 0 Å². The fourth-order valence-electron chi connectivity index (χ4n) is 5.03. The van der Waals surface area contributed by atoms with Gasteiger partial charge >= 0.3 is 0 Å². The van der Waals surface area contributed by atoms with Crippen molar-refractivity contribution in [1.82, 2.24) is 15.3 Å². The number of hydrogen-bond acceptors (Lipinski definition) is 6. The van der Waals surface area contributed by atoms with Crippen molar-refractivity contribution in [3.05, 3.63) is 40.2 Å². The molecular weight excluding hydrogens is 412 g/mol. The number of carbonyl (C=O) groups excluding carboxylic acids is 1. The number of fused-ring (bicyclic) bond motifs is 2. The Balaban J connectivity index is 1.43. The van der Waals surface area contributed by atoms with Crippen LogP contribution in [0.25, 0.3) is 11.3 Å². The minimum absolute atomic E-state index is 0.0520. The quantitative estimate of drug-likeness (QED) is 0.507. The van der Waals surface area contributed by atoms with Crippen LogP contribution in [-0.4, -0.2) is 34.8 Å². The normalized spacial score (nSPS) is 22.7. The second kappa shape index (κ2) is 9.15. The van der Waals surface area contributed by atoms with Crippen molar-refractivity contribution in [1.29, 1.82) is 5.26 Å². The second-order valence-electron chi connectivity index (χ2n) is 8.42. The summed E-state index contributed by atoms with van der Waals surface area (Å²) in [5.74, 6) is 2.91. The van der Waals surface area contributed by atoms with Crippen LogP contribution < -0.4 is 15.6 Å². The molecule has 2 saturated carbocycles. The lowest BCUT2D eigenvalue weighted by molar-refractivity contribution is -0.119. The molecular formula is C23H26N4O3S. The first-order valence-electron chi connectivity index (χ1n) is 10.6. The van der Waals surface area contributed by atoms with Crippen molar-refractivity contribution < 1.29 is 9.53 Å². The molecule has 0 unspecified atom stereocenters. The third-order valence-electron chi connectivity index (χ3n) is 6.54. The van der Waals surface area contributed by atoms with Gasteiger partial charge in [-0.25, -0.2) is 4.98 Å². The van der Waals surface area contributed by atoms with Gasteiger partial charge in [0, 0.05) is 11.6 Å². The topological polar surface area (TPSA) is 108 Å². The number of ether oxygens (including phenoxy) is 1. The van der Waals surface area contributed by atoms with E-state index in [0.29, 0.717) is 28.1 Å². The molecule has 0 spiro atoms. The molecule has 4 rings (SSSR count). The number of rotatable bonds is 7. The highest BCUT2D eigenvalue weighted by Crippen LogP contribution is 2.49. The molecule has 1 amide bonds. The number of nitrogens with one attached hydrogen (secondary N) is 2. The Morgan fingerprint density at radius 2 is 2.13 bits per heavy atom. The molecule has 1 aromatic carbocycles. The highest BCUT2D eigenvalue weighted by atomic mass is 32.2. The molecule has 2 aliphatic carbocycles. The van der Waals surface area contributed by atoms with E-state index in [2.05, 4.69) is 22.2 Å². The molecule has 162 valence electrons. The highest BCUT2D eigenvalue weighted by molar-refractivity contribution is 7.99. The number of amides is 1. The van der Waals surface area contributed by atoms with E-state index in [-0.39, 0.29) is 23.3 Å². The van der Waals surface area contributed by atoms with Crippen molar-refractivity contribution in [2.75, 3.05) is 12.9 Å². The van der Waals surface area contributed by atoms with Crippen LogP contribution in [0.1, 0.15) is 38.2 Å². The van der Waals surface area contributed by atoms with E-state index in [0.717, 1.165) is 11.8 Å². The first kappa shape index (κ1) is 21.4. The van der Waals surface area contributed by atoms with Gasteiger partial charge in [0.1, 0.15) is 17.4 Å².